The Morgan fingerprint density at radius 3 is 2.70 bits per heavy atom. The van der Waals surface area contributed by atoms with Gasteiger partial charge in [-0.1, -0.05) is 45.7 Å². The molecule has 1 atom stereocenters. The molecule has 0 radical (unpaired) electrons. The minimum Gasteiger partial charge on any atom is -0.493 e. The summed E-state index contributed by atoms with van der Waals surface area (Å²) in [7, 11) is 0. The van der Waals surface area contributed by atoms with Crippen LogP contribution in [0.25, 0.3) is 0 Å². The summed E-state index contributed by atoms with van der Waals surface area (Å²) < 4.78 is 6.48. The van der Waals surface area contributed by atoms with Gasteiger partial charge in [0.1, 0.15) is 5.75 Å². The highest BCUT2D eigenvalue weighted by molar-refractivity contribution is 9.10. The van der Waals surface area contributed by atoms with Crippen LogP contribution < -0.4 is 4.74 Å². The van der Waals surface area contributed by atoms with E-state index in [1.54, 1.807) is 0 Å². The summed E-state index contributed by atoms with van der Waals surface area (Å²) >= 11 is 9.56. The maximum atomic E-state index is 10.5. The first kappa shape index (κ1) is 15.4. The van der Waals surface area contributed by atoms with Gasteiger partial charge >= 0.3 is 0 Å². The van der Waals surface area contributed by atoms with Crippen molar-refractivity contribution in [1.82, 2.24) is 0 Å². The Balaban J connectivity index is 2.26. The van der Waals surface area contributed by atoms with Crippen LogP contribution in [0.4, 0.5) is 0 Å². The van der Waals surface area contributed by atoms with Crippen molar-refractivity contribution in [2.75, 3.05) is 6.61 Å². The van der Waals surface area contributed by atoms with Gasteiger partial charge in [-0.3, -0.25) is 0 Å². The molecule has 2 aromatic carbocycles. The molecule has 0 aliphatic rings. The summed E-state index contributed by atoms with van der Waals surface area (Å²) in [6, 6.07) is 13.2. The Kier molecular flexibility index (Phi) is 5.46. The lowest BCUT2D eigenvalue weighted by atomic mass is 10.0. The van der Waals surface area contributed by atoms with Crippen molar-refractivity contribution in [2.45, 2.75) is 19.4 Å². The van der Waals surface area contributed by atoms with Gasteiger partial charge < -0.3 is 9.84 Å². The van der Waals surface area contributed by atoms with E-state index in [9.17, 15) is 5.11 Å². The maximum Gasteiger partial charge on any atom is 0.125 e. The molecule has 2 rings (SSSR count). The molecule has 0 aliphatic heterocycles. The van der Waals surface area contributed by atoms with E-state index in [0.717, 1.165) is 15.6 Å². The van der Waals surface area contributed by atoms with Crippen LogP contribution in [0, 0.1) is 0 Å². The van der Waals surface area contributed by atoms with E-state index in [4.69, 9.17) is 16.3 Å². The third kappa shape index (κ3) is 3.75. The van der Waals surface area contributed by atoms with E-state index in [1.807, 2.05) is 49.4 Å². The topological polar surface area (TPSA) is 29.5 Å². The van der Waals surface area contributed by atoms with Gasteiger partial charge in [0, 0.05) is 21.5 Å². The Morgan fingerprint density at radius 1 is 1.25 bits per heavy atom. The Hall–Kier alpha value is -1.03. The monoisotopic (exact) mass is 354 g/mol. The zero-order valence-electron chi connectivity index (χ0n) is 11.1. The zero-order valence-corrected chi connectivity index (χ0v) is 13.5. The smallest absolute Gasteiger partial charge is 0.125 e. The van der Waals surface area contributed by atoms with Crippen molar-refractivity contribution in [1.29, 1.82) is 0 Å². The molecule has 0 saturated heterocycles. The molecule has 0 saturated carbocycles. The molecule has 0 fully saturated rings. The summed E-state index contributed by atoms with van der Waals surface area (Å²) in [6.45, 7) is 2.49. The fourth-order valence-corrected chi connectivity index (χ4v) is 2.64. The molecule has 2 nitrogen and oxygen atoms in total. The highest BCUT2D eigenvalue weighted by Crippen LogP contribution is 2.32. The van der Waals surface area contributed by atoms with Crippen LogP contribution in [0.5, 0.6) is 5.75 Å². The molecule has 0 amide bonds. The van der Waals surface area contributed by atoms with Crippen molar-refractivity contribution in [3.05, 3.63) is 63.1 Å². The van der Waals surface area contributed by atoms with Crippen LogP contribution in [0.1, 0.15) is 24.2 Å². The van der Waals surface area contributed by atoms with E-state index < -0.39 is 6.10 Å². The van der Waals surface area contributed by atoms with Crippen molar-refractivity contribution in [3.8, 4) is 5.75 Å². The first-order valence-electron chi connectivity index (χ1n) is 6.45. The van der Waals surface area contributed by atoms with E-state index in [1.165, 1.54) is 0 Å². The average molecular weight is 356 g/mol. The number of rotatable bonds is 5. The van der Waals surface area contributed by atoms with Gasteiger partial charge in [-0.25, -0.2) is 0 Å². The van der Waals surface area contributed by atoms with Crippen LogP contribution >= 0.6 is 27.5 Å². The predicted octanol–water partition coefficient (Wildman–Crippen LogP) is 4.78. The van der Waals surface area contributed by atoms with Gasteiger partial charge in [-0.2, -0.15) is 0 Å². The van der Waals surface area contributed by atoms with Crippen LogP contribution in [0.3, 0.4) is 0 Å². The standard InChI is InChI=1S/C16H16BrClO2/c1-2-20-16-8-7-12(17)10-13(16)15(19)9-11-5-3-4-6-14(11)18/h3-8,10,15,19H,2,9H2,1H3. The minimum atomic E-state index is -0.658. The summed E-state index contributed by atoms with van der Waals surface area (Å²) in [4.78, 5) is 0. The van der Waals surface area contributed by atoms with E-state index in [2.05, 4.69) is 15.9 Å². The quantitative estimate of drug-likeness (QED) is 0.836. The molecule has 0 bridgehead atoms. The van der Waals surface area contributed by atoms with Crippen LogP contribution in [0.2, 0.25) is 5.02 Å². The molecule has 106 valence electrons. The highest BCUT2D eigenvalue weighted by Gasteiger charge is 2.16. The second-order valence-corrected chi connectivity index (χ2v) is 5.75. The van der Waals surface area contributed by atoms with Crippen molar-refractivity contribution < 1.29 is 9.84 Å². The number of ether oxygens (including phenoxy) is 1. The van der Waals surface area contributed by atoms with E-state index >= 15 is 0 Å². The van der Waals surface area contributed by atoms with Crippen LogP contribution in [-0.2, 0) is 6.42 Å². The Labute approximate surface area is 132 Å². The van der Waals surface area contributed by atoms with Gasteiger partial charge in [0.15, 0.2) is 0 Å². The molecule has 0 spiro atoms. The normalized spacial score (nSPS) is 12.2. The number of hydrogen-bond acceptors (Lipinski definition) is 2. The largest absolute Gasteiger partial charge is 0.493 e. The summed E-state index contributed by atoms with van der Waals surface area (Å²) in [5, 5.41) is 11.1. The second-order valence-electron chi connectivity index (χ2n) is 4.43. The first-order chi connectivity index (χ1) is 9.61. The van der Waals surface area contributed by atoms with Crippen LogP contribution in [-0.4, -0.2) is 11.7 Å². The molecule has 0 heterocycles. The number of halogens is 2. The third-order valence-corrected chi connectivity index (χ3v) is 3.86. The van der Waals surface area contributed by atoms with Gasteiger partial charge in [-0.05, 0) is 36.8 Å². The molecule has 20 heavy (non-hydrogen) atoms. The molecule has 4 heteroatoms. The molecule has 0 aliphatic carbocycles. The molecule has 1 N–H and O–H groups in total. The van der Waals surface area contributed by atoms with Gasteiger partial charge in [0.25, 0.3) is 0 Å². The van der Waals surface area contributed by atoms with Crippen LogP contribution in [0.15, 0.2) is 46.9 Å². The number of aliphatic hydroxyl groups is 1. The lowest BCUT2D eigenvalue weighted by Crippen LogP contribution is -2.06. The van der Waals surface area contributed by atoms with Gasteiger partial charge in [0.2, 0.25) is 0 Å². The predicted molar refractivity (Wildman–Crippen MR) is 85.4 cm³/mol. The number of hydrogen-bond donors (Lipinski definition) is 1. The second kappa shape index (κ2) is 7.11. The number of benzene rings is 2. The summed E-state index contributed by atoms with van der Waals surface area (Å²) in [6.07, 6.45) is -0.204. The lowest BCUT2D eigenvalue weighted by molar-refractivity contribution is 0.172. The molecular weight excluding hydrogens is 340 g/mol. The van der Waals surface area contributed by atoms with Gasteiger partial charge in [-0.15, -0.1) is 0 Å². The Morgan fingerprint density at radius 2 is 2.00 bits per heavy atom. The van der Waals surface area contributed by atoms with Crippen molar-refractivity contribution in [3.63, 3.8) is 0 Å². The average Bonchev–Trinajstić information content (AvgIpc) is 2.43. The highest BCUT2D eigenvalue weighted by atomic mass is 79.9. The first-order valence-corrected chi connectivity index (χ1v) is 7.62. The van der Waals surface area contributed by atoms with E-state index in [0.29, 0.717) is 23.8 Å². The Bertz CT molecular complexity index is 586. The maximum absolute atomic E-state index is 10.5. The third-order valence-electron chi connectivity index (χ3n) is 3.00. The molecule has 2 aromatic rings. The molecular formula is C16H16BrClO2. The van der Waals surface area contributed by atoms with Crippen molar-refractivity contribution >= 4 is 27.5 Å². The summed E-state index contributed by atoms with van der Waals surface area (Å²) in [5.74, 6) is 0.704. The molecule has 1 unspecified atom stereocenters. The SMILES string of the molecule is CCOc1ccc(Br)cc1C(O)Cc1ccccc1Cl. The molecule has 0 aromatic heterocycles. The fourth-order valence-electron chi connectivity index (χ4n) is 2.05. The van der Waals surface area contributed by atoms with Gasteiger partial charge in [0.05, 0.1) is 12.7 Å². The van der Waals surface area contributed by atoms with E-state index in [-0.39, 0.29) is 0 Å². The zero-order chi connectivity index (χ0) is 14.5. The van der Waals surface area contributed by atoms with Crippen molar-refractivity contribution in [2.24, 2.45) is 0 Å². The fraction of sp³-hybridized carbons (Fsp3) is 0.250. The summed E-state index contributed by atoms with van der Waals surface area (Å²) in [5.41, 5.74) is 1.69. The lowest BCUT2D eigenvalue weighted by Gasteiger charge is -2.17. The number of aliphatic hydroxyl groups excluding tert-OH is 1. The minimum absolute atomic E-state index is 0.455.